The number of carboxylic acids is 1. The van der Waals surface area contributed by atoms with E-state index in [2.05, 4.69) is 5.32 Å². The molecule has 1 saturated carbocycles. The lowest BCUT2D eigenvalue weighted by molar-refractivity contribution is -0.136. The lowest BCUT2D eigenvalue weighted by Crippen LogP contribution is -2.43. The minimum atomic E-state index is -1.01. The third-order valence-electron chi connectivity index (χ3n) is 3.84. The Morgan fingerprint density at radius 3 is 2.43 bits per heavy atom. The molecule has 21 heavy (non-hydrogen) atoms. The molecule has 0 saturated heterocycles. The van der Waals surface area contributed by atoms with Crippen LogP contribution in [0, 0.1) is 6.92 Å². The average molecular weight is 290 g/mol. The molecule has 2 rings (SSSR count). The van der Waals surface area contributed by atoms with Crippen LogP contribution in [0.25, 0.3) is 0 Å². The number of carboxylic acid groups (broad SMARTS) is 1. The second-order valence-electron chi connectivity index (χ2n) is 5.57. The number of carbonyl (C=O) groups excluding carboxylic acids is 1. The van der Waals surface area contributed by atoms with Crippen molar-refractivity contribution in [3.63, 3.8) is 0 Å². The summed E-state index contributed by atoms with van der Waals surface area (Å²) in [5.41, 5.74) is 1.70. The number of hydrogen-bond acceptors (Lipinski definition) is 3. The van der Waals surface area contributed by atoms with Crippen molar-refractivity contribution in [1.82, 2.24) is 5.32 Å². The number of nitrogens with one attached hydrogen (secondary N) is 1. The number of anilines is 1. The number of benzene rings is 1. The third-order valence-corrected chi connectivity index (χ3v) is 3.84. The van der Waals surface area contributed by atoms with Crippen molar-refractivity contribution in [2.24, 2.45) is 0 Å². The number of hydrogen-bond donors (Lipinski definition) is 2. The van der Waals surface area contributed by atoms with Gasteiger partial charge in [0.1, 0.15) is 6.54 Å². The molecule has 0 heterocycles. The summed E-state index contributed by atoms with van der Waals surface area (Å²) in [5.74, 6) is -1.21. The van der Waals surface area contributed by atoms with Gasteiger partial charge in [-0.05, 0) is 31.9 Å². The van der Waals surface area contributed by atoms with Gasteiger partial charge in [0, 0.05) is 11.7 Å². The molecule has 5 nitrogen and oxygen atoms in total. The maximum absolute atomic E-state index is 12.3. The number of amides is 1. The summed E-state index contributed by atoms with van der Waals surface area (Å²) in [6, 6.07) is 7.71. The predicted molar refractivity (Wildman–Crippen MR) is 81.4 cm³/mol. The molecule has 1 aromatic carbocycles. The Kier molecular flexibility index (Phi) is 5.33. The van der Waals surface area contributed by atoms with E-state index >= 15 is 0 Å². The molecule has 0 bridgehead atoms. The fourth-order valence-corrected chi connectivity index (χ4v) is 2.64. The first-order chi connectivity index (χ1) is 10.1. The standard InChI is InChI=1S/C16H22N2O3/c1-12-6-8-14(9-7-12)18(11-16(20)21)15(19)10-17-13-4-2-3-5-13/h6-9,13,17H,2-5,10-11H2,1H3,(H,20,21). The molecular weight excluding hydrogens is 268 g/mol. The summed E-state index contributed by atoms with van der Waals surface area (Å²) in [4.78, 5) is 24.6. The van der Waals surface area contributed by atoms with E-state index in [0.717, 1.165) is 18.4 Å². The van der Waals surface area contributed by atoms with E-state index in [1.807, 2.05) is 19.1 Å². The molecule has 5 heteroatoms. The highest BCUT2D eigenvalue weighted by atomic mass is 16.4. The van der Waals surface area contributed by atoms with E-state index in [1.54, 1.807) is 12.1 Å². The second-order valence-corrected chi connectivity index (χ2v) is 5.57. The van der Waals surface area contributed by atoms with Gasteiger partial charge in [-0.25, -0.2) is 0 Å². The number of aryl methyl sites for hydroxylation is 1. The minimum Gasteiger partial charge on any atom is -0.480 e. The fraction of sp³-hybridized carbons (Fsp3) is 0.500. The maximum atomic E-state index is 12.3. The van der Waals surface area contributed by atoms with E-state index in [1.165, 1.54) is 17.7 Å². The Bertz CT molecular complexity index is 493. The van der Waals surface area contributed by atoms with Crippen molar-refractivity contribution in [3.8, 4) is 0 Å². The molecule has 1 fully saturated rings. The van der Waals surface area contributed by atoms with Crippen molar-refractivity contribution >= 4 is 17.6 Å². The summed E-state index contributed by atoms with van der Waals surface area (Å²) >= 11 is 0. The van der Waals surface area contributed by atoms with Gasteiger partial charge in [0.05, 0.1) is 6.54 Å². The largest absolute Gasteiger partial charge is 0.480 e. The average Bonchev–Trinajstić information content (AvgIpc) is 2.96. The van der Waals surface area contributed by atoms with E-state index in [-0.39, 0.29) is 19.0 Å². The summed E-state index contributed by atoms with van der Waals surface area (Å²) in [6.07, 6.45) is 4.58. The molecule has 0 aromatic heterocycles. The van der Waals surface area contributed by atoms with Crippen molar-refractivity contribution in [2.75, 3.05) is 18.0 Å². The van der Waals surface area contributed by atoms with Gasteiger partial charge in [-0.2, -0.15) is 0 Å². The maximum Gasteiger partial charge on any atom is 0.323 e. The number of nitrogens with zero attached hydrogens (tertiary/aromatic N) is 1. The van der Waals surface area contributed by atoms with Crippen LogP contribution in [0.15, 0.2) is 24.3 Å². The van der Waals surface area contributed by atoms with Gasteiger partial charge in [0.25, 0.3) is 0 Å². The van der Waals surface area contributed by atoms with Gasteiger partial charge < -0.3 is 15.3 Å². The van der Waals surface area contributed by atoms with Gasteiger partial charge in [0.2, 0.25) is 5.91 Å². The zero-order chi connectivity index (χ0) is 15.2. The minimum absolute atomic E-state index is 0.186. The van der Waals surface area contributed by atoms with Gasteiger partial charge in [-0.15, -0.1) is 0 Å². The number of carbonyl (C=O) groups is 2. The van der Waals surface area contributed by atoms with Crippen molar-refractivity contribution in [3.05, 3.63) is 29.8 Å². The van der Waals surface area contributed by atoms with Crippen molar-refractivity contribution < 1.29 is 14.7 Å². The van der Waals surface area contributed by atoms with Gasteiger partial charge in [-0.3, -0.25) is 9.59 Å². The van der Waals surface area contributed by atoms with E-state index in [9.17, 15) is 9.59 Å². The Balaban J connectivity index is 2.01. The summed E-state index contributed by atoms with van der Waals surface area (Å²) in [6.45, 7) is 1.83. The lowest BCUT2D eigenvalue weighted by Gasteiger charge is -2.22. The summed E-state index contributed by atoms with van der Waals surface area (Å²) < 4.78 is 0. The van der Waals surface area contributed by atoms with Crippen LogP contribution in [0.5, 0.6) is 0 Å². The highest BCUT2D eigenvalue weighted by Gasteiger charge is 2.21. The molecule has 1 aliphatic carbocycles. The fourth-order valence-electron chi connectivity index (χ4n) is 2.64. The number of rotatable bonds is 6. The third kappa shape index (κ3) is 4.56. The van der Waals surface area contributed by atoms with E-state index in [4.69, 9.17) is 5.11 Å². The SMILES string of the molecule is Cc1ccc(N(CC(=O)O)C(=O)CNC2CCCC2)cc1. The quantitative estimate of drug-likeness (QED) is 0.840. The van der Waals surface area contributed by atoms with Gasteiger partial charge in [-0.1, -0.05) is 30.5 Å². The van der Waals surface area contributed by atoms with Crippen LogP contribution in [0.2, 0.25) is 0 Å². The predicted octanol–water partition coefficient (Wildman–Crippen LogP) is 1.94. The molecule has 0 aliphatic heterocycles. The zero-order valence-electron chi connectivity index (χ0n) is 12.3. The number of aliphatic carboxylic acids is 1. The first-order valence-electron chi connectivity index (χ1n) is 7.38. The van der Waals surface area contributed by atoms with Crippen LogP contribution >= 0.6 is 0 Å². The molecule has 114 valence electrons. The highest BCUT2D eigenvalue weighted by Crippen LogP contribution is 2.18. The summed E-state index contributed by atoms with van der Waals surface area (Å²) in [7, 11) is 0. The molecule has 0 spiro atoms. The van der Waals surface area contributed by atoms with Crippen LogP contribution in [0.1, 0.15) is 31.2 Å². The first kappa shape index (κ1) is 15.5. The monoisotopic (exact) mass is 290 g/mol. The molecule has 0 radical (unpaired) electrons. The molecule has 2 N–H and O–H groups in total. The van der Waals surface area contributed by atoms with Crippen LogP contribution in [-0.4, -0.2) is 36.1 Å². The molecule has 1 aliphatic rings. The topological polar surface area (TPSA) is 69.6 Å². The second kappa shape index (κ2) is 7.22. The molecule has 0 unspecified atom stereocenters. The summed E-state index contributed by atoms with van der Waals surface area (Å²) in [5, 5.41) is 12.2. The van der Waals surface area contributed by atoms with Crippen LogP contribution in [-0.2, 0) is 9.59 Å². The first-order valence-corrected chi connectivity index (χ1v) is 7.38. The molecule has 1 aromatic rings. The van der Waals surface area contributed by atoms with Crippen molar-refractivity contribution in [1.29, 1.82) is 0 Å². The Morgan fingerprint density at radius 2 is 1.86 bits per heavy atom. The molecule has 1 amide bonds. The van der Waals surface area contributed by atoms with Crippen LogP contribution in [0.4, 0.5) is 5.69 Å². The van der Waals surface area contributed by atoms with Gasteiger partial charge in [0.15, 0.2) is 0 Å². The van der Waals surface area contributed by atoms with Gasteiger partial charge >= 0.3 is 5.97 Å². The van der Waals surface area contributed by atoms with Crippen LogP contribution < -0.4 is 10.2 Å². The molecular formula is C16H22N2O3. The Hall–Kier alpha value is -1.88. The zero-order valence-corrected chi connectivity index (χ0v) is 12.3. The smallest absolute Gasteiger partial charge is 0.323 e. The Morgan fingerprint density at radius 1 is 1.24 bits per heavy atom. The lowest BCUT2D eigenvalue weighted by atomic mass is 10.2. The molecule has 0 atom stereocenters. The van der Waals surface area contributed by atoms with Crippen molar-refractivity contribution in [2.45, 2.75) is 38.6 Å². The van der Waals surface area contributed by atoms with E-state index < -0.39 is 5.97 Å². The van der Waals surface area contributed by atoms with E-state index in [0.29, 0.717) is 11.7 Å². The Labute approximate surface area is 125 Å². The highest BCUT2D eigenvalue weighted by molar-refractivity contribution is 5.98. The normalized spacial score (nSPS) is 15.1. The van der Waals surface area contributed by atoms with Crippen LogP contribution in [0.3, 0.4) is 0 Å².